The smallest absolute Gasteiger partial charge is 0.0623 e. The summed E-state index contributed by atoms with van der Waals surface area (Å²) in [6.45, 7) is 0. The van der Waals surface area contributed by atoms with Crippen LogP contribution in [0.5, 0.6) is 0 Å². The summed E-state index contributed by atoms with van der Waals surface area (Å²) in [6, 6.07) is 110. The van der Waals surface area contributed by atoms with Crippen LogP contribution in [0.15, 0.2) is 279 Å². The molecule has 5 aliphatic rings. The Morgan fingerprint density at radius 2 is 0.377 bits per heavy atom. The van der Waals surface area contributed by atoms with E-state index in [1.54, 1.807) is 0 Å². The third-order valence-electron chi connectivity index (χ3n) is 18.8. The molecular weight excluding hydrogens is 973 g/mol. The lowest BCUT2D eigenvalue weighted by molar-refractivity contribution is 1.27. The summed E-state index contributed by atoms with van der Waals surface area (Å²) in [7, 11) is -8.32. The minimum absolute atomic E-state index is 0.945. The van der Waals surface area contributed by atoms with Gasteiger partial charge in [-0.1, -0.05) is 279 Å². The zero-order valence-electron chi connectivity index (χ0n) is 42.5. The van der Waals surface area contributed by atoms with Crippen LogP contribution in [0.25, 0.3) is 55.6 Å². The van der Waals surface area contributed by atoms with Gasteiger partial charge in [0.05, 0.1) is 0 Å². The van der Waals surface area contributed by atoms with Crippen LogP contribution in [0, 0.1) is 0 Å². The molecule has 0 N–H and O–H groups in total. The Morgan fingerprint density at radius 1 is 0.169 bits per heavy atom. The second kappa shape index (κ2) is 16.2. The van der Waals surface area contributed by atoms with Gasteiger partial charge in [-0.2, -0.15) is 0 Å². The highest BCUT2D eigenvalue weighted by Gasteiger charge is 2.52. The highest BCUT2D eigenvalue weighted by Crippen LogP contribution is 2.41. The van der Waals surface area contributed by atoms with Crippen molar-refractivity contribution >= 4 is 86.5 Å². The molecule has 0 saturated heterocycles. The van der Waals surface area contributed by atoms with Gasteiger partial charge in [-0.15, -0.1) is 0 Å². The first-order valence-corrected chi connectivity index (χ1v) is 33.4. The van der Waals surface area contributed by atoms with Gasteiger partial charge in [-0.25, -0.2) is 0 Å². The fourth-order valence-corrected chi connectivity index (χ4v) is 31.3. The van der Waals surface area contributed by atoms with Crippen LogP contribution in [0.4, 0.5) is 0 Å². The average molecular weight is 1020 g/mol. The molecule has 0 nitrogen and oxygen atoms in total. The van der Waals surface area contributed by atoms with E-state index in [-0.39, 0.29) is 0 Å². The number of hydrogen-bond acceptors (Lipinski definition) is 0. The van der Waals surface area contributed by atoms with Crippen molar-refractivity contribution in [2.24, 2.45) is 0 Å². The van der Waals surface area contributed by atoms with E-state index >= 15 is 0 Å². The van der Waals surface area contributed by atoms with Crippen molar-refractivity contribution < 1.29 is 0 Å². The van der Waals surface area contributed by atoms with Gasteiger partial charge < -0.3 is 0 Å². The maximum absolute atomic E-state index is 2.94. The predicted molar refractivity (Wildman–Crippen MR) is 331 cm³/mol. The molecule has 0 aromatic heterocycles. The Balaban J connectivity index is 0.873. The first kappa shape index (κ1) is 43.5. The lowest BCUT2D eigenvalue weighted by Gasteiger charge is -2.33. The molecule has 0 saturated carbocycles. The standard InChI is InChI=1S/C74H50Si3/c1-3-19-53(20-4-1)75(69-29-13-7-23-59(69)60-24-8-14-30-70(60)75)55-39-35-49-43-51-37-41-57(47-67(51)65(49)45-55)77(73-33-17-11-27-63(73)64-28-12-18-34-74(64)77)58-42-38-52-44-50-36-40-56(46-66(50)68(52)48-58)76(54-21-5-2-6-22-54)71-31-15-9-25-61(71)62-26-10-16-32-72(62)76/h1-42,45-48H,43-44H2. The molecule has 0 bridgehead atoms. The molecule has 17 rings (SSSR count). The summed E-state index contributed by atoms with van der Waals surface area (Å²) in [6.07, 6.45) is 1.89. The fraction of sp³-hybridized carbons (Fsp3) is 0.0270. The highest BCUT2D eigenvalue weighted by molar-refractivity contribution is 7.23. The number of hydrogen-bond donors (Lipinski definition) is 0. The Morgan fingerprint density at radius 3 is 0.623 bits per heavy atom. The van der Waals surface area contributed by atoms with E-state index < -0.39 is 24.2 Å². The highest BCUT2D eigenvalue weighted by atomic mass is 28.3. The summed E-state index contributed by atoms with van der Waals surface area (Å²) in [5, 5.41) is 17.7. The van der Waals surface area contributed by atoms with Crippen LogP contribution in [-0.4, -0.2) is 24.2 Å². The van der Waals surface area contributed by atoms with Gasteiger partial charge in [0, 0.05) is 0 Å². The molecule has 12 aromatic carbocycles. The Kier molecular flexibility index (Phi) is 9.13. The van der Waals surface area contributed by atoms with Crippen molar-refractivity contribution in [3.05, 3.63) is 301 Å². The topological polar surface area (TPSA) is 0 Å². The number of fused-ring (bicyclic) bond motifs is 15. The van der Waals surface area contributed by atoms with Crippen molar-refractivity contribution in [1.82, 2.24) is 0 Å². The van der Waals surface area contributed by atoms with Gasteiger partial charge in [0.2, 0.25) is 0 Å². The average Bonchev–Trinajstić information content (AvgIpc) is 4.48. The first-order chi connectivity index (χ1) is 38.2. The van der Waals surface area contributed by atoms with E-state index in [4.69, 9.17) is 0 Å². The van der Waals surface area contributed by atoms with Crippen LogP contribution in [-0.2, 0) is 12.8 Å². The Bertz CT molecular complexity index is 4100. The molecule has 358 valence electrons. The predicted octanol–water partition coefficient (Wildman–Crippen LogP) is 8.90. The summed E-state index contributed by atoms with van der Waals surface area (Å²) >= 11 is 0. The minimum atomic E-state index is -2.94. The zero-order chi connectivity index (χ0) is 50.5. The second-order valence-corrected chi connectivity index (χ2v) is 33.3. The Labute approximate surface area is 453 Å². The SMILES string of the molecule is c1ccc([Si]2(c3ccc4c(c3)-c3cc([Si]5(c6ccc7c(c6)-c6cc([Si]8(c9ccccc9)c9ccccc9-c9ccccc98)ccc6C7)c6ccccc6-c6ccccc65)ccc3C4)c3ccccc3-c3ccccc32)cc1. The molecule has 0 radical (unpaired) electrons. The maximum atomic E-state index is 2.67. The lowest BCUT2D eigenvalue weighted by Crippen LogP contribution is -2.73. The largest absolute Gasteiger partial charge is 0.180 e. The van der Waals surface area contributed by atoms with Crippen molar-refractivity contribution in [3.63, 3.8) is 0 Å². The molecule has 0 unspecified atom stereocenters. The summed E-state index contributed by atoms with van der Waals surface area (Å²) in [5.74, 6) is 0. The fourth-order valence-electron chi connectivity index (χ4n) is 15.7. The third kappa shape index (κ3) is 5.65. The zero-order valence-corrected chi connectivity index (χ0v) is 45.5. The van der Waals surface area contributed by atoms with Crippen molar-refractivity contribution in [1.29, 1.82) is 0 Å². The summed E-state index contributed by atoms with van der Waals surface area (Å²) < 4.78 is 0. The molecule has 0 spiro atoms. The summed E-state index contributed by atoms with van der Waals surface area (Å²) in [4.78, 5) is 0. The van der Waals surface area contributed by atoms with Crippen LogP contribution in [0.2, 0.25) is 0 Å². The van der Waals surface area contributed by atoms with E-state index in [1.807, 2.05) is 0 Å². The summed E-state index contributed by atoms with van der Waals surface area (Å²) in [5.41, 5.74) is 19.6. The van der Waals surface area contributed by atoms with Crippen molar-refractivity contribution in [3.8, 4) is 55.6 Å². The molecule has 3 heterocycles. The Hall–Kier alpha value is -8.71. The van der Waals surface area contributed by atoms with Gasteiger partial charge >= 0.3 is 0 Å². The monoisotopic (exact) mass is 1020 g/mol. The molecule has 3 heteroatoms. The number of benzene rings is 12. The van der Waals surface area contributed by atoms with E-state index in [9.17, 15) is 0 Å². The van der Waals surface area contributed by atoms with Gasteiger partial charge in [-0.3, -0.25) is 0 Å². The molecular formula is C74H50Si3. The lowest BCUT2D eigenvalue weighted by atomic mass is 10.1. The molecule has 0 atom stereocenters. The number of rotatable bonds is 6. The van der Waals surface area contributed by atoms with Crippen LogP contribution in [0.3, 0.4) is 0 Å². The molecule has 77 heavy (non-hydrogen) atoms. The normalized spacial score (nSPS) is 15.2. The van der Waals surface area contributed by atoms with E-state index in [1.165, 1.54) is 140 Å². The van der Waals surface area contributed by atoms with Crippen molar-refractivity contribution in [2.75, 3.05) is 0 Å². The van der Waals surface area contributed by atoms with Gasteiger partial charge in [-0.05, 0) is 153 Å². The van der Waals surface area contributed by atoms with E-state index in [0.29, 0.717) is 0 Å². The maximum Gasteiger partial charge on any atom is 0.180 e. The van der Waals surface area contributed by atoms with Gasteiger partial charge in [0.25, 0.3) is 0 Å². The van der Waals surface area contributed by atoms with Crippen LogP contribution < -0.4 is 62.2 Å². The molecule has 0 fully saturated rings. The van der Waals surface area contributed by atoms with E-state index in [2.05, 4.69) is 279 Å². The van der Waals surface area contributed by atoms with Crippen LogP contribution >= 0.6 is 0 Å². The first-order valence-electron chi connectivity index (χ1n) is 27.4. The van der Waals surface area contributed by atoms with Crippen molar-refractivity contribution in [2.45, 2.75) is 12.8 Å². The minimum Gasteiger partial charge on any atom is -0.0623 e. The van der Waals surface area contributed by atoms with E-state index in [0.717, 1.165) is 12.8 Å². The second-order valence-electron chi connectivity index (χ2n) is 22.1. The molecule has 3 aliphatic heterocycles. The van der Waals surface area contributed by atoms with Gasteiger partial charge in [0.1, 0.15) is 0 Å². The van der Waals surface area contributed by atoms with Crippen LogP contribution in [0.1, 0.15) is 22.3 Å². The third-order valence-corrected chi connectivity index (χ3v) is 33.4. The van der Waals surface area contributed by atoms with Gasteiger partial charge in [0.15, 0.2) is 24.2 Å². The molecule has 0 amide bonds. The quantitative estimate of drug-likeness (QED) is 0.146. The molecule has 2 aliphatic carbocycles. The molecule has 12 aromatic rings.